The topological polar surface area (TPSA) is 109 Å². The van der Waals surface area contributed by atoms with Crippen LogP contribution in [0, 0.1) is 0 Å². The second-order valence-corrected chi connectivity index (χ2v) is 7.07. The van der Waals surface area contributed by atoms with Crippen molar-refractivity contribution >= 4 is 22.8 Å². The summed E-state index contributed by atoms with van der Waals surface area (Å²) < 4.78 is 0. The lowest BCUT2D eigenvalue weighted by atomic mass is 10.1. The standard InChI is InChI=1S/C23H24N6O/c1-15(16-5-3-2-4-6-16)28-21-19-13-20(29-22(19)27-14-26-21)17-7-9-18(10-8-17)23(30)25-12-11-24/h2-10,13-15H,11-12,24H2,1H3,(H,25,30)(H2,26,27,28,29). The number of hydrogen-bond acceptors (Lipinski definition) is 5. The second-order valence-electron chi connectivity index (χ2n) is 7.07. The Morgan fingerprint density at radius 1 is 1.10 bits per heavy atom. The minimum absolute atomic E-state index is 0.106. The van der Waals surface area contributed by atoms with E-state index in [9.17, 15) is 4.79 Å². The summed E-state index contributed by atoms with van der Waals surface area (Å²) in [6.07, 6.45) is 1.55. The first-order valence-electron chi connectivity index (χ1n) is 9.89. The third-order valence-electron chi connectivity index (χ3n) is 4.97. The van der Waals surface area contributed by atoms with E-state index in [0.717, 1.165) is 28.1 Å². The number of H-pyrrole nitrogens is 1. The van der Waals surface area contributed by atoms with E-state index in [1.165, 1.54) is 5.56 Å². The average molecular weight is 400 g/mol. The minimum Gasteiger partial charge on any atom is -0.363 e. The van der Waals surface area contributed by atoms with Crippen molar-refractivity contribution in [1.29, 1.82) is 0 Å². The van der Waals surface area contributed by atoms with Crippen LogP contribution in [0.2, 0.25) is 0 Å². The number of fused-ring (bicyclic) bond motifs is 1. The van der Waals surface area contributed by atoms with E-state index in [1.807, 2.05) is 36.4 Å². The molecule has 2 aromatic carbocycles. The lowest BCUT2D eigenvalue weighted by Gasteiger charge is -2.15. The van der Waals surface area contributed by atoms with E-state index in [2.05, 4.69) is 44.6 Å². The maximum absolute atomic E-state index is 12.1. The maximum atomic E-state index is 12.1. The van der Waals surface area contributed by atoms with Gasteiger partial charge < -0.3 is 21.4 Å². The molecular formula is C23H24N6O. The predicted molar refractivity (Wildman–Crippen MR) is 119 cm³/mol. The molecule has 0 aliphatic rings. The molecule has 0 aliphatic heterocycles. The lowest BCUT2D eigenvalue weighted by Crippen LogP contribution is -2.28. The van der Waals surface area contributed by atoms with E-state index in [1.54, 1.807) is 18.5 Å². The van der Waals surface area contributed by atoms with Crippen LogP contribution in [0.5, 0.6) is 0 Å². The zero-order valence-electron chi connectivity index (χ0n) is 16.7. The highest BCUT2D eigenvalue weighted by atomic mass is 16.1. The summed E-state index contributed by atoms with van der Waals surface area (Å²) in [5, 5.41) is 7.16. The molecule has 1 amide bonds. The first-order valence-corrected chi connectivity index (χ1v) is 9.89. The van der Waals surface area contributed by atoms with E-state index in [4.69, 9.17) is 5.73 Å². The fraction of sp³-hybridized carbons (Fsp3) is 0.174. The highest BCUT2D eigenvalue weighted by molar-refractivity contribution is 5.95. The molecule has 1 atom stereocenters. The first-order chi connectivity index (χ1) is 14.7. The van der Waals surface area contributed by atoms with E-state index in [-0.39, 0.29) is 11.9 Å². The molecule has 7 nitrogen and oxygen atoms in total. The van der Waals surface area contributed by atoms with Gasteiger partial charge in [0.25, 0.3) is 5.91 Å². The second kappa shape index (κ2) is 8.75. The van der Waals surface area contributed by atoms with Gasteiger partial charge in [-0.2, -0.15) is 0 Å². The zero-order chi connectivity index (χ0) is 20.9. The molecule has 5 N–H and O–H groups in total. The number of nitrogens with zero attached hydrogens (tertiary/aromatic N) is 2. The Labute approximate surface area is 174 Å². The SMILES string of the molecule is CC(Nc1ncnc2[nH]c(-c3ccc(C(=O)NCCN)cc3)cc12)c1ccccc1. The number of anilines is 1. The Hall–Kier alpha value is -3.71. The van der Waals surface area contributed by atoms with Gasteiger partial charge in [-0.25, -0.2) is 9.97 Å². The third kappa shape index (κ3) is 4.16. The number of amides is 1. The molecule has 4 rings (SSSR count). The van der Waals surface area contributed by atoms with Crippen LogP contribution in [0.3, 0.4) is 0 Å². The molecule has 30 heavy (non-hydrogen) atoms. The summed E-state index contributed by atoms with van der Waals surface area (Å²) in [5.41, 5.74) is 9.85. The monoisotopic (exact) mass is 400 g/mol. The van der Waals surface area contributed by atoms with Gasteiger partial charge in [-0.3, -0.25) is 4.79 Å². The van der Waals surface area contributed by atoms with Crippen molar-refractivity contribution in [3.63, 3.8) is 0 Å². The van der Waals surface area contributed by atoms with Crippen molar-refractivity contribution in [3.05, 3.63) is 78.1 Å². The molecule has 0 saturated heterocycles. The molecule has 0 bridgehead atoms. The van der Waals surface area contributed by atoms with Crippen LogP contribution in [-0.2, 0) is 0 Å². The average Bonchev–Trinajstić information content (AvgIpc) is 3.23. The summed E-state index contributed by atoms with van der Waals surface area (Å²) in [5.74, 6) is 0.646. The van der Waals surface area contributed by atoms with Gasteiger partial charge in [-0.05, 0) is 36.2 Å². The van der Waals surface area contributed by atoms with Crippen LogP contribution >= 0.6 is 0 Å². The van der Waals surface area contributed by atoms with Crippen molar-refractivity contribution < 1.29 is 4.79 Å². The molecule has 4 aromatic rings. The van der Waals surface area contributed by atoms with Crippen LogP contribution in [0.1, 0.15) is 28.9 Å². The zero-order valence-corrected chi connectivity index (χ0v) is 16.7. The summed E-state index contributed by atoms with van der Waals surface area (Å²) in [6, 6.07) is 19.8. The highest BCUT2D eigenvalue weighted by Crippen LogP contribution is 2.29. The molecule has 2 heterocycles. The van der Waals surface area contributed by atoms with Gasteiger partial charge in [0.15, 0.2) is 0 Å². The molecule has 1 unspecified atom stereocenters. The summed E-state index contributed by atoms with van der Waals surface area (Å²) in [7, 11) is 0. The number of nitrogens with one attached hydrogen (secondary N) is 3. The van der Waals surface area contributed by atoms with Crippen molar-refractivity contribution in [2.75, 3.05) is 18.4 Å². The normalized spacial score (nSPS) is 11.9. The Kier molecular flexibility index (Phi) is 5.72. The molecule has 0 fully saturated rings. The van der Waals surface area contributed by atoms with Gasteiger partial charge in [-0.15, -0.1) is 0 Å². The summed E-state index contributed by atoms with van der Waals surface area (Å²) in [6.45, 7) is 2.98. The Morgan fingerprint density at radius 2 is 1.87 bits per heavy atom. The number of rotatable bonds is 7. The van der Waals surface area contributed by atoms with Gasteiger partial charge >= 0.3 is 0 Å². The molecular weight excluding hydrogens is 376 g/mol. The van der Waals surface area contributed by atoms with Crippen LogP contribution in [-0.4, -0.2) is 33.9 Å². The Bertz CT molecular complexity index is 1140. The number of aromatic nitrogens is 3. The number of carbonyl (C=O) groups is 1. The number of benzene rings is 2. The predicted octanol–water partition coefficient (Wildman–Crippen LogP) is 3.49. The molecule has 2 aromatic heterocycles. The smallest absolute Gasteiger partial charge is 0.251 e. The minimum atomic E-state index is -0.129. The largest absolute Gasteiger partial charge is 0.363 e. The quantitative estimate of drug-likeness (QED) is 0.380. The molecule has 0 spiro atoms. The van der Waals surface area contributed by atoms with Crippen molar-refractivity contribution in [3.8, 4) is 11.3 Å². The number of aromatic amines is 1. The molecule has 152 valence electrons. The molecule has 0 aliphatic carbocycles. The van der Waals surface area contributed by atoms with E-state index >= 15 is 0 Å². The van der Waals surface area contributed by atoms with Crippen molar-refractivity contribution in [2.45, 2.75) is 13.0 Å². The number of carbonyl (C=O) groups excluding carboxylic acids is 1. The lowest BCUT2D eigenvalue weighted by molar-refractivity contribution is 0.0955. The van der Waals surface area contributed by atoms with Crippen LogP contribution in [0.25, 0.3) is 22.3 Å². The van der Waals surface area contributed by atoms with E-state index < -0.39 is 0 Å². The van der Waals surface area contributed by atoms with Crippen LogP contribution in [0.4, 0.5) is 5.82 Å². The molecule has 7 heteroatoms. The molecule has 0 radical (unpaired) electrons. The summed E-state index contributed by atoms with van der Waals surface area (Å²) >= 11 is 0. The Balaban J connectivity index is 1.58. The van der Waals surface area contributed by atoms with Crippen molar-refractivity contribution in [2.24, 2.45) is 5.73 Å². The fourth-order valence-electron chi connectivity index (χ4n) is 3.33. The van der Waals surface area contributed by atoms with Gasteiger partial charge in [0.2, 0.25) is 0 Å². The first kappa shape index (κ1) is 19.6. The van der Waals surface area contributed by atoms with Gasteiger partial charge in [-0.1, -0.05) is 42.5 Å². The van der Waals surface area contributed by atoms with Gasteiger partial charge in [0.1, 0.15) is 17.8 Å². The van der Waals surface area contributed by atoms with Crippen molar-refractivity contribution in [1.82, 2.24) is 20.3 Å². The highest BCUT2D eigenvalue weighted by Gasteiger charge is 2.13. The van der Waals surface area contributed by atoms with Crippen LogP contribution in [0.15, 0.2) is 67.0 Å². The number of nitrogens with two attached hydrogens (primary N) is 1. The maximum Gasteiger partial charge on any atom is 0.251 e. The van der Waals surface area contributed by atoms with Gasteiger partial charge in [0, 0.05) is 30.4 Å². The van der Waals surface area contributed by atoms with Crippen LogP contribution < -0.4 is 16.4 Å². The molecule has 0 saturated carbocycles. The summed E-state index contributed by atoms with van der Waals surface area (Å²) in [4.78, 5) is 24.2. The van der Waals surface area contributed by atoms with Gasteiger partial charge in [0.05, 0.1) is 5.39 Å². The van der Waals surface area contributed by atoms with E-state index in [0.29, 0.717) is 18.7 Å². The Morgan fingerprint density at radius 3 is 2.60 bits per heavy atom. The fourth-order valence-corrected chi connectivity index (χ4v) is 3.33. The third-order valence-corrected chi connectivity index (χ3v) is 4.97. The number of hydrogen-bond donors (Lipinski definition) is 4.